The van der Waals surface area contributed by atoms with Crippen LogP contribution in [0.25, 0.3) is 0 Å². The second-order valence-corrected chi connectivity index (χ2v) is 5.34. The number of hydrogen-bond donors (Lipinski definition) is 0. The Bertz CT molecular complexity index is 553. The summed E-state index contributed by atoms with van der Waals surface area (Å²) in [6.07, 6.45) is 2.72. The minimum absolute atomic E-state index is 0.139. The van der Waals surface area contributed by atoms with Crippen LogP contribution < -0.4 is 0 Å². The second kappa shape index (κ2) is 7.67. The molecule has 2 aromatic carbocycles. The summed E-state index contributed by atoms with van der Waals surface area (Å²) in [6.45, 7) is 2.10. The number of nitrogens with zero attached hydrogens (tertiary/aromatic N) is 1. The van der Waals surface area contributed by atoms with E-state index in [9.17, 15) is 9.30 Å². The zero-order chi connectivity index (χ0) is 15.1. The van der Waals surface area contributed by atoms with Crippen molar-refractivity contribution in [2.45, 2.75) is 32.2 Å². The van der Waals surface area contributed by atoms with Crippen LogP contribution in [0.15, 0.2) is 59.8 Å². The van der Waals surface area contributed by atoms with E-state index in [0.29, 0.717) is 0 Å². The van der Waals surface area contributed by atoms with Crippen molar-refractivity contribution >= 4 is 0 Å². The Kier molecular flexibility index (Phi) is 5.61. The number of halogens is 1. The Morgan fingerprint density at radius 1 is 1.05 bits per heavy atom. The molecule has 0 radical (unpaired) electrons. The van der Waals surface area contributed by atoms with Gasteiger partial charge in [0.05, 0.1) is 0 Å². The van der Waals surface area contributed by atoms with E-state index in [1.165, 1.54) is 17.7 Å². The molecule has 0 heterocycles. The van der Waals surface area contributed by atoms with E-state index < -0.39 is 6.04 Å². The van der Waals surface area contributed by atoms with E-state index in [-0.39, 0.29) is 11.7 Å². The Labute approximate surface area is 125 Å². The maximum atomic E-state index is 13.0. The molecule has 0 saturated carbocycles. The van der Waals surface area contributed by atoms with Gasteiger partial charge in [-0.3, -0.25) is 0 Å². The molecule has 0 fully saturated rings. The molecule has 2 rings (SSSR count). The molecule has 0 aliphatic rings. The molecular formula is C18H20FNO. The highest BCUT2D eigenvalue weighted by atomic mass is 19.1. The third kappa shape index (κ3) is 4.22. The second-order valence-electron chi connectivity index (χ2n) is 5.34. The molecule has 3 heteroatoms. The van der Waals surface area contributed by atoms with Crippen LogP contribution in [0.4, 0.5) is 4.39 Å². The number of hydrogen-bond acceptors (Lipinski definition) is 2. The van der Waals surface area contributed by atoms with Crippen molar-refractivity contribution in [2.24, 2.45) is 11.1 Å². The molecule has 2 atom stereocenters. The summed E-state index contributed by atoms with van der Waals surface area (Å²) in [5.41, 5.74) is 1.99. The number of nitroso groups, excluding NO2 is 1. The van der Waals surface area contributed by atoms with E-state index in [2.05, 4.69) is 24.2 Å². The van der Waals surface area contributed by atoms with Crippen LogP contribution in [0, 0.1) is 16.6 Å². The quantitative estimate of drug-likeness (QED) is 0.635. The van der Waals surface area contributed by atoms with Gasteiger partial charge in [0.15, 0.2) is 0 Å². The van der Waals surface area contributed by atoms with Gasteiger partial charge in [-0.2, -0.15) is 4.91 Å². The van der Waals surface area contributed by atoms with E-state index in [1.54, 1.807) is 12.1 Å². The zero-order valence-electron chi connectivity index (χ0n) is 12.2. The van der Waals surface area contributed by atoms with Gasteiger partial charge in [0, 0.05) is 0 Å². The van der Waals surface area contributed by atoms with Gasteiger partial charge in [-0.1, -0.05) is 61.0 Å². The van der Waals surface area contributed by atoms with Crippen molar-refractivity contribution in [1.29, 1.82) is 0 Å². The molecule has 110 valence electrons. The summed E-state index contributed by atoms with van der Waals surface area (Å²) in [5, 5.41) is 3.33. The first kappa shape index (κ1) is 15.4. The molecule has 0 bridgehead atoms. The van der Waals surface area contributed by atoms with E-state index >= 15 is 0 Å². The molecule has 0 N–H and O–H groups in total. The molecule has 0 saturated heterocycles. The first-order valence-electron chi connectivity index (χ1n) is 7.36. The first-order valence-corrected chi connectivity index (χ1v) is 7.36. The van der Waals surface area contributed by atoms with Gasteiger partial charge < -0.3 is 0 Å². The molecule has 21 heavy (non-hydrogen) atoms. The highest BCUT2D eigenvalue weighted by molar-refractivity contribution is 5.22. The first-order chi connectivity index (χ1) is 10.2. The lowest BCUT2D eigenvalue weighted by atomic mass is 9.85. The van der Waals surface area contributed by atoms with Gasteiger partial charge >= 0.3 is 0 Å². The molecule has 0 aliphatic heterocycles. The van der Waals surface area contributed by atoms with Crippen molar-refractivity contribution < 1.29 is 4.39 Å². The van der Waals surface area contributed by atoms with Crippen LogP contribution in [0.5, 0.6) is 0 Å². The maximum absolute atomic E-state index is 13.0. The van der Waals surface area contributed by atoms with Gasteiger partial charge in [0.2, 0.25) is 0 Å². The van der Waals surface area contributed by atoms with E-state index in [1.807, 2.05) is 18.2 Å². The van der Waals surface area contributed by atoms with Crippen LogP contribution in [0.1, 0.15) is 36.9 Å². The third-order valence-corrected chi connectivity index (χ3v) is 3.77. The summed E-state index contributed by atoms with van der Waals surface area (Å²) in [7, 11) is 0. The van der Waals surface area contributed by atoms with Gasteiger partial charge in [-0.15, -0.1) is 0 Å². The summed E-state index contributed by atoms with van der Waals surface area (Å²) in [6, 6.07) is 15.8. The minimum Gasteiger partial charge on any atom is -0.207 e. The van der Waals surface area contributed by atoms with Crippen molar-refractivity contribution in [3.8, 4) is 0 Å². The monoisotopic (exact) mass is 285 g/mol. The fourth-order valence-corrected chi connectivity index (χ4v) is 2.74. The fourth-order valence-electron chi connectivity index (χ4n) is 2.74. The Hall–Kier alpha value is -2.03. The average molecular weight is 285 g/mol. The highest BCUT2D eigenvalue weighted by Crippen LogP contribution is 2.32. The molecule has 2 nitrogen and oxygen atoms in total. The van der Waals surface area contributed by atoms with Crippen LogP contribution in [0.2, 0.25) is 0 Å². The van der Waals surface area contributed by atoms with Crippen LogP contribution in [-0.4, -0.2) is 0 Å². The predicted molar refractivity (Wildman–Crippen MR) is 83.5 cm³/mol. The van der Waals surface area contributed by atoms with E-state index in [0.717, 1.165) is 24.8 Å². The fraction of sp³-hybridized carbons (Fsp3) is 0.333. The van der Waals surface area contributed by atoms with Gasteiger partial charge in [0.1, 0.15) is 11.9 Å². The van der Waals surface area contributed by atoms with Gasteiger partial charge in [-0.05, 0) is 42.0 Å². The van der Waals surface area contributed by atoms with Crippen molar-refractivity contribution in [2.75, 3.05) is 0 Å². The van der Waals surface area contributed by atoms with Crippen LogP contribution in [-0.2, 0) is 6.42 Å². The molecule has 0 spiro atoms. The minimum atomic E-state index is -0.425. The number of rotatable bonds is 7. The Morgan fingerprint density at radius 2 is 1.71 bits per heavy atom. The van der Waals surface area contributed by atoms with Crippen molar-refractivity contribution in [3.05, 3.63) is 76.4 Å². The Balaban J connectivity index is 2.21. The van der Waals surface area contributed by atoms with Gasteiger partial charge in [0.25, 0.3) is 0 Å². The van der Waals surface area contributed by atoms with Gasteiger partial charge in [-0.25, -0.2) is 4.39 Å². The lowest BCUT2D eigenvalue weighted by molar-refractivity contribution is 0.395. The van der Waals surface area contributed by atoms with E-state index in [4.69, 9.17) is 0 Å². The lowest BCUT2D eigenvalue weighted by Gasteiger charge is -2.22. The normalized spacial score (nSPS) is 13.6. The summed E-state index contributed by atoms with van der Waals surface area (Å²) in [5.74, 6) is -0.154. The number of benzene rings is 2. The van der Waals surface area contributed by atoms with Crippen LogP contribution >= 0.6 is 0 Å². The van der Waals surface area contributed by atoms with Crippen molar-refractivity contribution in [3.63, 3.8) is 0 Å². The molecule has 0 aromatic heterocycles. The molecule has 0 amide bonds. The summed E-state index contributed by atoms with van der Waals surface area (Å²) < 4.78 is 13.0. The average Bonchev–Trinajstić information content (AvgIpc) is 2.51. The maximum Gasteiger partial charge on any atom is 0.123 e. The molecule has 0 aliphatic carbocycles. The van der Waals surface area contributed by atoms with Crippen molar-refractivity contribution in [1.82, 2.24) is 0 Å². The smallest absolute Gasteiger partial charge is 0.123 e. The topological polar surface area (TPSA) is 29.4 Å². The largest absolute Gasteiger partial charge is 0.207 e. The SMILES string of the molecule is CCCC(Cc1ccccc1)C(N=O)c1ccc(F)cc1. The lowest BCUT2D eigenvalue weighted by Crippen LogP contribution is -2.14. The molecular weight excluding hydrogens is 265 g/mol. The third-order valence-electron chi connectivity index (χ3n) is 3.77. The zero-order valence-corrected chi connectivity index (χ0v) is 12.2. The van der Waals surface area contributed by atoms with Crippen LogP contribution in [0.3, 0.4) is 0 Å². The molecule has 2 unspecified atom stereocenters. The standard InChI is InChI=1S/C18H20FNO/c1-2-6-16(13-14-7-4-3-5-8-14)18(20-21)15-9-11-17(19)12-10-15/h3-5,7-12,16,18H,2,6,13H2,1H3. The summed E-state index contributed by atoms with van der Waals surface area (Å²) in [4.78, 5) is 11.4. The summed E-state index contributed by atoms with van der Waals surface area (Å²) >= 11 is 0. The highest BCUT2D eigenvalue weighted by Gasteiger charge is 2.24. The molecule has 2 aromatic rings. The Morgan fingerprint density at radius 3 is 2.29 bits per heavy atom. The predicted octanol–water partition coefficient (Wildman–Crippen LogP) is 5.29.